The van der Waals surface area contributed by atoms with Crippen LogP contribution < -0.4 is 15.0 Å². The molecule has 0 spiro atoms. The second-order valence-electron chi connectivity index (χ2n) is 12.0. The topological polar surface area (TPSA) is 94.7 Å². The van der Waals surface area contributed by atoms with Gasteiger partial charge in [0, 0.05) is 42.0 Å². The number of carbonyl (C=O) groups is 3. The fraction of sp³-hybridized carbons (Fsp3) is 0.237. The van der Waals surface area contributed by atoms with Gasteiger partial charge in [-0.25, -0.2) is 0 Å². The second kappa shape index (κ2) is 12.6. The van der Waals surface area contributed by atoms with Crippen molar-refractivity contribution < 1.29 is 19.1 Å². The van der Waals surface area contributed by atoms with Crippen molar-refractivity contribution in [2.45, 2.75) is 38.6 Å². The molecule has 232 valence electrons. The van der Waals surface area contributed by atoms with Gasteiger partial charge in [0.1, 0.15) is 5.75 Å². The number of hydrogen-bond donors (Lipinski definition) is 2. The van der Waals surface area contributed by atoms with E-state index in [2.05, 4.69) is 35.4 Å². The maximum atomic E-state index is 14.0. The van der Waals surface area contributed by atoms with Crippen LogP contribution in [0.25, 0.3) is 22.0 Å². The molecule has 8 heteroatoms. The Morgan fingerprint density at radius 1 is 0.848 bits per heavy atom. The Balaban J connectivity index is 1.07. The first kappa shape index (κ1) is 29.3. The minimum atomic E-state index is -0.223. The molecule has 2 N–H and O–H groups in total. The van der Waals surface area contributed by atoms with Crippen molar-refractivity contribution in [3.05, 3.63) is 114 Å². The van der Waals surface area contributed by atoms with Crippen molar-refractivity contribution in [1.82, 2.24) is 9.88 Å². The van der Waals surface area contributed by atoms with Crippen molar-refractivity contribution in [2.75, 3.05) is 29.9 Å². The summed E-state index contributed by atoms with van der Waals surface area (Å²) in [5.41, 5.74) is 6.32. The zero-order valence-corrected chi connectivity index (χ0v) is 25.8. The number of rotatable bonds is 9. The van der Waals surface area contributed by atoms with Crippen molar-refractivity contribution in [1.29, 1.82) is 0 Å². The molecule has 1 unspecified atom stereocenters. The van der Waals surface area contributed by atoms with E-state index in [0.29, 0.717) is 48.6 Å². The van der Waals surface area contributed by atoms with E-state index in [-0.39, 0.29) is 23.8 Å². The molecule has 3 amide bonds. The quantitative estimate of drug-likeness (QED) is 0.133. The number of carbonyl (C=O) groups excluding carboxylic acids is 3. The Morgan fingerprint density at radius 2 is 1.63 bits per heavy atom. The van der Waals surface area contributed by atoms with Crippen LogP contribution in [0.5, 0.6) is 5.75 Å². The third kappa shape index (κ3) is 5.62. The van der Waals surface area contributed by atoms with E-state index in [1.165, 1.54) is 4.90 Å². The highest BCUT2D eigenvalue weighted by molar-refractivity contribution is 6.21. The molecule has 0 saturated carbocycles. The Bertz CT molecular complexity index is 1910. The lowest BCUT2D eigenvalue weighted by atomic mass is 10.0. The van der Waals surface area contributed by atoms with Crippen LogP contribution in [0.2, 0.25) is 0 Å². The molecule has 3 heterocycles. The predicted octanol–water partition coefficient (Wildman–Crippen LogP) is 7.53. The summed E-state index contributed by atoms with van der Waals surface area (Å²) < 4.78 is 6.40. The smallest absolute Gasteiger partial charge is 0.261 e. The summed E-state index contributed by atoms with van der Waals surface area (Å²) in [6.07, 6.45) is 4.96. The molecule has 2 aliphatic heterocycles. The number of para-hydroxylation sites is 2. The van der Waals surface area contributed by atoms with E-state index < -0.39 is 0 Å². The van der Waals surface area contributed by atoms with Gasteiger partial charge in [0.05, 0.1) is 29.1 Å². The summed E-state index contributed by atoms with van der Waals surface area (Å²) in [5.74, 6) is 0.136. The van der Waals surface area contributed by atoms with E-state index in [1.807, 2.05) is 59.6 Å². The lowest BCUT2D eigenvalue weighted by Gasteiger charge is -2.23. The molecule has 5 aromatic rings. The van der Waals surface area contributed by atoms with E-state index in [1.54, 1.807) is 24.3 Å². The number of anilines is 2. The molecule has 2 aliphatic rings. The number of H-pyrrole nitrogens is 1. The average Bonchev–Trinajstić information content (AvgIpc) is 3.59. The van der Waals surface area contributed by atoms with Crippen molar-refractivity contribution in [3.8, 4) is 16.9 Å². The maximum absolute atomic E-state index is 14.0. The van der Waals surface area contributed by atoms with E-state index in [9.17, 15) is 14.4 Å². The van der Waals surface area contributed by atoms with Crippen LogP contribution in [0.3, 0.4) is 0 Å². The van der Waals surface area contributed by atoms with Crippen LogP contribution in [0.15, 0.2) is 97.2 Å². The number of benzene rings is 4. The summed E-state index contributed by atoms with van der Waals surface area (Å²) in [4.78, 5) is 45.9. The summed E-state index contributed by atoms with van der Waals surface area (Å²) in [5, 5.41) is 4.62. The van der Waals surface area contributed by atoms with Gasteiger partial charge in [-0.2, -0.15) is 0 Å². The average molecular weight is 613 g/mol. The normalized spacial score (nSPS) is 15.8. The van der Waals surface area contributed by atoms with Gasteiger partial charge in [-0.15, -0.1) is 0 Å². The number of nitrogens with one attached hydrogen (secondary N) is 2. The first-order valence-electron chi connectivity index (χ1n) is 15.9. The van der Waals surface area contributed by atoms with E-state index in [0.717, 1.165) is 52.7 Å². The number of ether oxygens (including phenoxy) is 1. The van der Waals surface area contributed by atoms with Crippen LogP contribution in [-0.2, 0) is 0 Å². The minimum Gasteiger partial charge on any atom is -0.493 e. The third-order valence-electron chi connectivity index (χ3n) is 8.88. The van der Waals surface area contributed by atoms with Gasteiger partial charge >= 0.3 is 0 Å². The van der Waals surface area contributed by atoms with Crippen LogP contribution in [-0.4, -0.2) is 53.3 Å². The first-order chi connectivity index (χ1) is 22.5. The minimum absolute atomic E-state index is 0.0678. The molecule has 1 atom stereocenters. The van der Waals surface area contributed by atoms with Crippen molar-refractivity contribution >= 4 is 40.0 Å². The molecule has 8 nitrogen and oxygen atoms in total. The number of amides is 3. The van der Waals surface area contributed by atoms with Gasteiger partial charge in [-0.05, 0) is 104 Å². The Kier molecular flexibility index (Phi) is 8.01. The molecule has 46 heavy (non-hydrogen) atoms. The van der Waals surface area contributed by atoms with Crippen LogP contribution >= 0.6 is 0 Å². The van der Waals surface area contributed by atoms with Crippen LogP contribution in [0, 0.1) is 0 Å². The number of aromatic amines is 1. The van der Waals surface area contributed by atoms with E-state index >= 15 is 0 Å². The summed E-state index contributed by atoms with van der Waals surface area (Å²) in [7, 11) is 0. The molecule has 7 rings (SSSR count). The summed E-state index contributed by atoms with van der Waals surface area (Å²) in [6, 6.07) is 29.2. The molecular weight excluding hydrogens is 576 g/mol. The van der Waals surface area contributed by atoms with Crippen molar-refractivity contribution in [3.63, 3.8) is 0 Å². The van der Waals surface area contributed by atoms with Gasteiger partial charge in [-0.3, -0.25) is 19.3 Å². The number of nitrogens with zero attached hydrogens (tertiary/aromatic N) is 2. The summed E-state index contributed by atoms with van der Waals surface area (Å²) in [6.45, 7) is 3.56. The molecule has 0 radical (unpaired) electrons. The highest BCUT2D eigenvalue weighted by atomic mass is 16.5. The third-order valence-corrected chi connectivity index (χ3v) is 8.88. The maximum Gasteiger partial charge on any atom is 0.261 e. The largest absolute Gasteiger partial charge is 0.493 e. The molecule has 1 aromatic heterocycles. The second-order valence-corrected chi connectivity index (χ2v) is 12.0. The Labute approximate surface area is 268 Å². The zero-order valence-electron chi connectivity index (χ0n) is 25.8. The number of unbranched alkanes of at least 4 members (excludes halogenated alkanes) is 2. The van der Waals surface area contributed by atoms with Gasteiger partial charge in [-0.1, -0.05) is 30.3 Å². The number of aromatic nitrogens is 1. The zero-order chi connectivity index (χ0) is 31.6. The molecule has 0 fully saturated rings. The lowest BCUT2D eigenvalue weighted by Crippen LogP contribution is -2.32. The predicted molar refractivity (Wildman–Crippen MR) is 181 cm³/mol. The molecule has 4 aromatic carbocycles. The SMILES string of the molecule is CC1CCN(C(=O)c2ccc(-c3ccc4[nH]ccc4c3)c(OCCCCCN3C(=O)c4ccccc4C3=O)c2)c2ccccc2N1. The lowest BCUT2D eigenvalue weighted by molar-refractivity contribution is 0.0651. The molecule has 0 saturated heterocycles. The van der Waals surface area contributed by atoms with Gasteiger partial charge in [0.15, 0.2) is 0 Å². The number of fused-ring (bicyclic) bond motifs is 3. The molecular formula is C38H36N4O4. The fourth-order valence-electron chi connectivity index (χ4n) is 6.39. The van der Waals surface area contributed by atoms with Crippen LogP contribution in [0.1, 0.15) is 63.7 Å². The van der Waals surface area contributed by atoms with E-state index in [4.69, 9.17) is 4.74 Å². The standard InChI is InChI=1S/C38H36N4O4/c1-25-18-21-41(34-12-6-5-11-33(34)40-25)36(43)28-13-15-29(26-14-16-32-27(23-26)17-19-39-32)35(24-28)46-22-8-2-7-20-42-37(44)30-9-3-4-10-31(30)38(42)45/h3-6,9-17,19,23-25,39-40H,2,7-8,18,20-22H2,1H3. The summed E-state index contributed by atoms with van der Waals surface area (Å²) >= 11 is 0. The van der Waals surface area contributed by atoms with Gasteiger partial charge < -0.3 is 19.9 Å². The molecule has 0 aliphatic carbocycles. The molecule has 0 bridgehead atoms. The van der Waals surface area contributed by atoms with Crippen LogP contribution in [0.4, 0.5) is 11.4 Å². The van der Waals surface area contributed by atoms with Crippen molar-refractivity contribution in [2.24, 2.45) is 0 Å². The van der Waals surface area contributed by atoms with Gasteiger partial charge in [0.25, 0.3) is 17.7 Å². The first-order valence-corrected chi connectivity index (χ1v) is 15.9. The number of imide groups is 1. The Hall–Kier alpha value is -5.37. The highest BCUT2D eigenvalue weighted by Crippen LogP contribution is 2.36. The van der Waals surface area contributed by atoms with Gasteiger partial charge in [0.2, 0.25) is 0 Å². The Morgan fingerprint density at radius 3 is 2.46 bits per heavy atom. The fourth-order valence-corrected chi connectivity index (χ4v) is 6.39. The monoisotopic (exact) mass is 612 g/mol. The highest BCUT2D eigenvalue weighted by Gasteiger charge is 2.34. The number of hydrogen-bond acceptors (Lipinski definition) is 5.